The Morgan fingerprint density at radius 3 is 2.75 bits per heavy atom. The summed E-state index contributed by atoms with van der Waals surface area (Å²) in [5.41, 5.74) is 1.71. The van der Waals surface area contributed by atoms with Crippen LogP contribution in [0.25, 0.3) is 0 Å². The van der Waals surface area contributed by atoms with Crippen molar-refractivity contribution in [1.29, 1.82) is 0 Å². The molecule has 1 aromatic rings. The lowest BCUT2D eigenvalue weighted by Gasteiger charge is -2.34. The van der Waals surface area contributed by atoms with E-state index >= 15 is 0 Å². The summed E-state index contributed by atoms with van der Waals surface area (Å²) in [4.78, 5) is 26.0. The van der Waals surface area contributed by atoms with Gasteiger partial charge in [0.25, 0.3) is 0 Å². The summed E-state index contributed by atoms with van der Waals surface area (Å²) in [6, 6.07) is 10.7. The fourth-order valence-electron chi connectivity index (χ4n) is 4.03. The van der Waals surface area contributed by atoms with E-state index in [-0.39, 0.29) is 11.8 Å². The zero-order valence-electron chi connectivity index (χ0n) is 14.5. The fraction of sp³-hybridized carbons (Fsp3) is 0.579. The van der Waals surface area contributed by atoms with Gasteiger partial charge in [0.15, 0.2) is 0 Å². The largest absolute Gasteiger partial charge is 0.453 e. The van der Waals surface area contributed by atoms with E-state index in [1.165, 1.54) is 19.1 Å². The number of fused-ring (bicyclic) bond motifs is 1. The minimum Gasteiger partial charge on any atom is -0.453 e. The van der Waals surface area contributed by atoms with Crippen LogP contribution in [-0.4, -0.2) is 43.6 Å². The van der Waals surface area contributed by atoms with Crippen molar-refractivity contribution in [3.05, 3.63) is 35.9 Å². The highest BCUT2D eigenvalue weighted by Gasteiger charge is 2.58. The van der Waals surface area contributed by atoms with Crippen molar-refractivity contribution in [3.8, 4) is 0 Å². The summed E-state index contributed by atoms with van der Waals surface area (Å²) < 4.78 is 4.58. The van der Waals surface area contributed by atoms with Crippen LogP contribution < -0.4 is 5.32 Å². The maximum Gasteiger partial charge on any atom is 0.406 e. The van der Waals surface area contributed by atoms with Gasteiger partial charge in [-0.2, -0.15) is 0 Å². The highest BCUT2D eigenvalue weighted by atomic mass is 16.5. The molecule has 2 amide bonds. The van der Waals surface area contributed by atoms with E-state index in [1.807, 2.05) is 11.8 Å². The molecule has 3 rings (SSSR count). The van der Waals surface area contributed by atoms with Crippen molar-refractivity contribution in [2.75, 3.05) is 26.7 Å². The first kappa shape index (κ1) is 16.8. The minimum atomic E-state index is -0.481. The predicted octanol–water partition coefficient (Wildman–Crippen LogP) is 2.56. The molecule has 1 N–H and O–H groups in total. The van der Waals surface area contributed by atoms with Gasteiger partial charge in [-0.15, -0.1) is 0 Å². The number of amides is 2. The molecule has 1 aliphatic carbocycles. The van der Waals surface area contributed by atoms with Gasteiger partial charge in [0.2, 0.25) is 5.91 Å². The van der Waals surface area contributed by atoms with Gasteiger partial charge in [-0.25, -0.2) is 4.79 Å². The Bertz CT molecular complexity index is 604. The number of likely N-dealkylation sites (tertiary alicyclic amines) is 1. The maximum atomic E-state index is 12.8. The number of piperidine rings is 1. The summed E-state index contributed by atoms with van der Waals surface area (Å²) in [6.07, 6.45) is 2.45. The van der Waals surface area contributed by atoms with Gasteiger partial charge in [-0.3, -0.25) is 4.79 Å². The van der Waals surface area contributed by atoms with E-state index in [0.717, 1.165) is 19.5 Å². The van der Waals surface area contributed by atoms with Gasteiger partial charge in [0.1, 0.15) is 0 Å². The van der Waals surface area contributed by atoms with E-state index in [2.05, 4.69) is 40.4 Å². The van der Waals surface area contributed by atoms with Crippen LogP contribution >= 0.6 is 0 Å². The van der Waals surface area contributed by atoms with Crippen LogP contribution in [0.5, 0.6) is 0 Å². The Morgan fingerprint density at radius 1 is 1.38 bits per heavy atom. The predicted molar refractivity (Wildman–Crippen MR) is 91.6 cm³/mol. The molecule has 3 atom stereocenters. The number of alkyl carbamates (subject to hydrolysis) is 1. The van der Waals surface area contributed by atoms with Crippen LogP contribution in [0.2, 0.25) is 0 Å². The lowest BCUT2D eigenvalue weighted by Crippen LogP contribution is -2.46. The summed E-state index contributed by atoms with van der Waals surface area (Å²) in [5.74, 6) is 0.554. The zero-order valence-corrected chi connectivity index (χ0v) is 14.5. The Hall–Kier alpha value is -2.04. The van der Waals surface area contributed by atoms with E-state index < -0.39 is 6.09 Å². The number of hydrogen-bond donors (Lipinski definition) is 1. The van der Waals surface area contributed by atoms with Crippen LogP contribution in [0.15, 0.2) is 30.3 Å². The molecule has 0 aromatic heterocycles. The minimum absolute atomic E-state index is 0.155. The maximum absolute atomic E-state index is 12.8. The van der Waals surface area contributed by atoms with E-state index in [4.69, 9.17) is 0 Å². The molecule has 1 aromatic carbocycles. The third-order valence-electron chi connectivity index (χ3n) is 5.68. The molecule has 1 saturated carbocycles. The van der Waals surface area contributed by atoms with Crippen molar-refractivity contribution in [3.63, 3.8) is 0 Å². The monoisotopic (exact) mass is 330 g/mol. The van der Waals surface area contributed by atoms with Gasteiger partial charge in [0.05, 0.1) is 13.0 Å². The summed E-state index contributed by atoms with van der Waals surface area (Å²) in [5, 5.41) is 2.65. The molecule has 0 spiro atoms. The normalized spacial score (nSPS) is 26.2. The van der Waals surface area contributed by atoms with Crippen LogP contribution in [0, 0.1) is 11.8 Å². The van der Waals surface area contributed by atoms with Crippen molar-refractivity contribution < 1.29 is 14.3 Å². The first-order valence-corrected chi connectivity index (χ1v) is 8.77. The molecule has 0 radical (unpaired) electrons. The van der Waals surface area contributed by atoms with E-state index in [1.54, 1.807) is 0 Å². The molecule has 5 heteroatoms. The lowest BCUT2D eigenvalue weighted by molar-refractivity contribution is -0.136. The molecule has 0 unspecified atom stereocenters. The van der Waals surface area contributed by atoms with Gasteiger partial charge in [-0.05, 0) is 30.7 Å². The molecule has 2 aliphatic rings. The molecule has 1 heterocycles. The first-order valence-electron chi connectivity index (χ1n) is 8.77. The number of carbonyl (C=O) groups is 2. The third kappa shape index (κ3) is 3.12. The van der Waals surface area contributed by atoms with Crippen LogP contribution in [-0.2, 0) is 14.9 Å². The number of carbonyl (C=O) groups excluding carboxylic acids is 2. The molecular formula is C19H26N2O3. The quantitative estimate of drug-likeness (QED) is 0.903. The molecule has 1 saturated heterocycles. The van der Waals surface area contributed by atoms with Crippen molar-refractivity contribution in [1.82, 2.24) is 10.2 Å². The molecule has 24 heavy (non-hydrogen) atoms. The number of nitrogens with zero attached hydrogens (tertiary/aromatic N) is 1. The van der Waals surface area contributed by atoms with Crippen molar-refractivity contribution in [2.45, 2.75) is 31.6 Å². The average Bonchev–Trinajstić information content (AvgIpc) is 3.37. The molecule has 2 fully saturated rings. The van der Waals surface area contributed by atoms with Crippen molar-refractivity contribution in [2.24, 2.45) is 11.8 Å². The standard InChI is InChI=1S/C19H26N2O3/c1-3-14(12-20-18(23)24-2)17(22)21-10-9-19(11-16(19)13-21)15-7-5-4-6-8-15/h4-8,14,16H,3,9-13H2,1-2H3,(H,20,23)/t14-,16+,19+/m1/s1. The highest BCUT2D eigenvalue weighted by molar-refractivity contribution is 5.80. The lowest BCUT2D eigenvalue weighted by atomic mass is 9.87. The van der Waals surface area contributed by atoms with Gasteiger partial charge >= 0.3 is 6.09 Å². The molecule has 5 nitrogen and oxygen atoms in total. The van der Waals surface area contributed by atoms with E-state index in [9.17, 15) is 9.59 Å². The Balaban J connectivity index is 1.58. The van der Waals surface area contributed by atoms with Gasteiger partial charge < -0.3 is 15.0 Å². The number of hydrogen-bond acceptors (Lipinski definition) is 3. The number of ether oxygens (including phenoxy) is 1. The number of nitrogens with one attached hydrogen (secondary N) is 1. The highest BCUT2D eigenvalue weighted by Crippen LogP contribution is 2.59. The fourth-order valence-corrected chi connectivity index (χ4v) is 4.03. The van der Waals surface area contributed by atoms with Crippen LogP contribution in [0.4, 0.5) is 4.79 Å². The second kappa shape index (κ2) is 6.83. The van der Waals surface area contributed by atoms with Crippen molar-refractivity contribution >= 4 is 12.0 Å². The van der Waals surface area contributed by atoms with Crippen LogP contribution in [0.3, 0.4) is 0 Å². The van der Waals surface area contributed by atoms with E-state index in [0.29, 0.717) is 24.3 Å². The topological polar surface area (TPSA) is 58.6 Å². The molecular weight excluding hydrogens is 304 g/mol. The SMILES string of the molecule is CC[C@H](CNC(=O)OC)C(=O)N1CC[C@@]2(c3ccccc3)C[C@H]2C1. The Labute approximate surface area is 143 Å². The first-order chi connectivity index (χ1) is 11.6. The Kier molecular flexibility index (Phi) is 4.78. The second-order valence-electron chi connectivity index (χ2n) is 6.94. The molecule has 0 bridgehead atoms. The molecule has 1 aliphatic heterocycles. The summed E-state index contributed by atoms with van der Waals surface area (Å²) in [6.45, 7) is 3.96. The third-order valence-corrected chi connectivity index (χ3v) is 5.68. The summed E-state index contributed by atoms with van der Waals surface area (Å²) in [7, 11) is 1.33. The molecule has 130 valence electrons. The number of rotatable bonds is 5. The Morgan fingerprint density at radius 2 is 2.12 bits per heavy atom. The van der Waals surface area contributed by atoms with Gasteiger partial charge in [0, 0.05) is 25.0 Å². The smallest absolute Gasteiger partial charge is 0.406 e. The number of methoxy groups -OCH3 is 1. The number of benzene rings is 1. The van der Waals surface area contributed by atoms with Crippen LogP contribution in [0.1, 0.15) is 31.7 Å². The van der Waals surface area contributed by atoms with Gasteiger partial charge in [-0.1, -0.05) is 37.3 Å². The second-order valence-corrected chi connectivity index (χ2v) is 6.94. The average molecular weight is 330 g/mol. The zero-order chi connectivity index (χ0) is 17.2. The summed E-state index contributed by atoms with van der Waals surface area (Å²) >= 11 is 0.